The molecule has 0 unspecified atom stereocenters. The summed E-state index contributed by atoms with van der Waals surface area (Å²) in [6, 6.07) is 12.4. The lowest BCUT2D eigenvalue weighted by atomic mass is 10.00. The zero-order valence-corrected chi connectivity index (χ0v) is 28.2. The second-order valence-corrected chi connectivity index (χ2v) is 15.8. The monoisotopic (exact) mass is 742 g/mol. The van der Waals surface area contributed by atoms with Gasteiger partial charge in [-0.05, 0) is 84.6 Å². The number of hydrogen-bond acceptors (Lipinski definition) is 12. The first kappa shape index (κ1) is 37.9. The number of nitrogens with two attached hydrogens (primary N) is 4. The van der Waals surface area contributed by atoms with Crippen LogP contribution in [0.1, 0.15) is 22.3 Å². The topological polar surface area (TPSA) is 322 Å². The summed E-state index contributed by atoms with van der Waals surface area (Å²) in [6.07, 6.45) is 2.53. The van der Waals surface area contributed by atoms with Gasteiger partial charge >= 0.3 is 0 Å². The van der Waals surface area contributed by atoms with E-state index < -0.39 is 60.1 Å². The SMILES string of the molecule is Cc1cc(-c2cc(C)c(N)cc2S(=O)(=O)O)c(S(=O)(=O)O)cc1N.Nc1ccc(/C=C/c2ccc(N)cc2S(=O)(=O)O)c(S(=O)(=O)O)c1. The Hall–Kier alpha value is -4.54. The number of hydrogen-bond donors (Lipinski definition) is 8. The first-order valence-corrected chi connectivity index (χ1v) is 18.7. The van der Waals surface area contributed by atoms with E-state index in [1.54, 1.807) is 13.8 Å². The lowest BCUT2D eigenvalue weighted by molar-refractivity contribution is 0.480. The molecule has 0 heterocycles. The van der Waals surface area contributed by atoms with Crippen molar-refractivity contribution in [3.05, 3.63) is 82.9 Å². The van der Waals surface area contributed by atoms with Crippen molar-refractivity contribution >= 4 is 75.4 Å². The molecule has 12 N–H and O–H groups in total. The van der Waals surface area contributed by atoms with Gasteiger partial charge in [-0.3, -0.25) is 18.2 Å². The van der Waals surface area contributed by atoms with E-state index in [4.69, 9.17) is 22.9 Å². The van der Waals surface area contributed by atoms with Gasteiger partial charge in [-0.1, -0.05) is 24.3 Å². The molecule has 0 fully saturated rings. The van der Waals surface area contributed by atoms with Crippen LogP contribution in [0.25, 0.3) is 23.3 Å². The molecule has 0 saturated heterocycles. The van der Waals surface area contributed by atoms with E-state index in [0.717, 1.165) is 24.3 Å². The Labute approximate surface area is 276 Å². The summed E-state index contributed by atoms with van der Waals surface area (Å²) < 4.78 is 130. The maximum atomic E-state index is 11.7. The van der Waals surface area contributed by atoms with Gasteiger partial charge in [-0.15, -0.1) is 0 Å². The van der Waals surface area contributed by atoms with Gasteiger partial charge in [0.1, 0.15) is 19.6 Å². The van der Waals surface area contributed by atoms with E-state index in [9.17, 15) is 51.9 Å². The molecule has 0 aliphatic rings. The lowest BCUT2D eigenvalue weighted by Gasteiger charge is -2.15. The van der Waals surface area contributed by atoms with E-state index in [1.165, 1.54) is 48.6 Å². The van der Waals surface area contributed by atoms with Crippen molar-refractivity contribution in [2.45, 2.75) is 33.4 Å². The molecule has 0 aliphatic heterocycles. The molecule has 4 aromatic rings. The van der Waals surface area contributed by atoms with Crippen LogP contribution in [-0.2, 0) is 40.5 Å². The van der Waals surface area contributed by atoms with Gasteiger partial charge in [0.05, 0.1) is 0 Å². The van der Waals surface area contributed by atoms with E-state index in [2.05, 4.69) is 0 Å². The fourth-order valence-electron chi connectivity index (χ4n) is 4.26. The summed E-state index contributed by atoms with van der Waals surface area (Å²) in [5.74, 6) is 0. The zero-order chi connectivity index (χ0) is 36.6. The van der Waals surface area contributed by atoms with Crippen molar-refractivity contribution in [1.29, 1.82) is 0 Å². The van der Waals surface area contributed by atoms with Crippen LogP contribution in [0.5, 0.6) is 0 Å². The number of benzene rings is 4. The Kier molecular flexibility index (Phi) is 10.7. The summed E-state index contributed by atoms with van der Waals surface area (Å²) in [4.78, 5) is -2.00. The van der Waals surface area contributed by atoms with Crippen LogP contribution in [0.2, 0.25) is 0 Å². The molecular formula is C28H30N4O12S4. The van der Waals surface area contributed by atoms with Gasteiger partial charge in [0.15, 0.2) is 0 Å². The Balaban J connectivity index is 0.000000260. The van der Waals surface area contributed by atoms with Crippen molar-refractivity contribution in [2.75, 3.05) is 22.9 Å². The van der Waals surface area contributed by atoms with Gasteiger partial charge in [0, 0.05) is 33.9 Å². The summed E-state index contributed by atoms with van der Waals surface area (Å²) in [5.41, 5.74) is 23.7. The fraction of sp³-hybridized carbons (Fsp3) is 0.0714. The van der Waals surface area contributed by atoms with Crippen molar-refractivity contribution in [2.24, 2.45) is 0 Å². The number of nitrogen functional groups attached to an aromatic ring is 4. The molecule has 0 saturated carbocycles. The minimum atomic E-state index is -4.69. The number of aryl methyl sites for hydroxylation is 2. The normalized spacial score (nSPS) is 12.5. The Morgan fingerprint density at radius 1 is 0.458 bits per heavy atom. The summed E-state index contributed by atoms with van der Waals surface area (Å²) in [7, 11) is -18.4. The van der Waals surface area contributed by atoms with Crippen LogP contribution in [0.3, 0.4) is 0 Å². The molecule has 0 aliphatic carbocycles. The number of anilines is 4. The molecule has 0 spiro atoms. The Morgan fingerprint density at radius 2 is 0.750 bits per heavy atom. The predicted molar refractivity (Wildman–Crippen MR) is 180 cm³/mol. The van der Waals surface area contributed by atoms with Crippen LogP contribution in [-0.4, -0.2) is 51.9 Å². The smallest absolute Gasteiger partial charge is 0.295 e. The second kappa shape index (κ2) is 13.5. The van der Waals surface area contributed by atoms with E-state index in [-0.39, 0.29) is 45.0 Å². The zero-order valence-electron chi connectivity index (χ0n) is 24.9. The molecule has 0 radical (unpaired) electrons. The average molecular weight is 743 g/mol. The molecule has 0 amide bonds. The van der Waals surface area contributed by atoms with Crippen LogP contribution in [0.15, 0.2) is 80.2 Å². The van der Waals surface area contributed by atoms with Gasteiger partial charge in [0.2, 0.25) is 0 Å². The molecule has 0 atom stereocenters. The maximum absolute atomic E-state index is 11.7. The van der Waals surface area contributed by atoms with Gasteiger partial charge in [-0.25, -0.2) is 0 Å². The molecule has 258 valence electrons. The first-order valence-electron chi connectivity index (χ1n) is 13.0. The first-order chi connectivity index (χ1) is 21.8. The fourth-order valence-corrected chi connectivity index (χ4v) is 7.14. The van der Waals surface area contributed by atoms with Gasteiger partial charge in [-0.2, -0.15) is 33.7 Å². The molecule has 0 bridgehead atoms. The molecule has 48 heavy (non-hydrogen) atoms. The lowest BCUT2D eigenvalue weighted by Crippen LogP contribution is -2.08. The Morgan fingerprint density at radius 3 is 1.02 bits per heavy atom. The van der Waals surface area contributed by atoms with Crippen LogP contribution in [0, 0.1) is 13.8 Å². The van der Waals surface area contributed by atoms with E-state index in [0.29, 0.717) is 11.1 Å². The standard InChI is InChI=1S/C14H16N2O6S2.C14H14N2O6S2/c1-7-3-9(13(5-11(7)15)23(17,18)19)10-4-8(2)12(16)6-14(10)24(20,21)22;15-11-5-3-9(13(7-11)23(17,18)19)1-2-10-4-6-12(16)8-14(10)24(20,21)22/h3-6H,15-16H2,1-2H3,(H,17,18,19)(H,20,21,22);1-8H,15-16H2,(H,17,18,19)(H,20,21,22)/b;2-1+. The van der Waals surface area contributed by atoms with E-state index in [1.807, 2.05) is 0 Å². The van der Waals surface area contributed by atoms with Crippen LogP contribution < -0.4 is 22.9 Å². The molecule has 0 aromatic heterocycles. The van der Waals surface area contributed by atoms with E-state index >= 15 is 0 Å². The highest BCUT2D eigenvalue weighted by Crippen LogP contribution is 2.37. The summed E-state index contributed by atoms with van der Waals surface area (Å²) >= 11 is 0. The second-order valence-electron chi connectivity index (χ2n) is 10.2. The predicted octanol–water partition coefficient (Wildman–Crippen LogP) is 3.14. The molecular weight excluding hydrogens is 713 g/mol. The van der Waals surface area contributed by atoms with Crippen LogP contribution >= 0.6 is 0 Å². The third-order valence-electron chi connectivity index (χ3n) is 6.66. The van der Waals surface area contributed by atoms with Crippen molar-refractivity contribution in [1.82, 2.24) is 0 Å². The minimum absolute atomic E-state index is 0.0878. The molecule has 16 nitrogen and oxygen atoms in total. The maximum Gasteiger partial charge on any atom is 0.295 e. The minimum Gasteiger partial charge on any atom is -0.399 e. The van der Waals surface area contributed by atoms with Gasteiger partial charge in [0.25, 0.3) is 40.5 Å². The summed E-state index contributed by atoms with van der Waals surface area (Å²) in [6.45, 7) is 3.17. The largest absolute Gasteiger partial charge is 0.399 e. The van der Waals surface area contributed by atoms with Crippen molar-refractivity contribution < 1.29 is 51.9 Å². The highest BCUT2D eigenvalue weighted by Gasteiger charge is 2.25. The van der Waals surface area contributed by atoms with Crippen LogP contribution in [0.4, 0.5) is 22.7 Å². The quantitative estimate of drug-likeness (QED) is 0.0766. The Bertz CT molecular complexity index is 2240. The third-order valence-corrected chi connectivity index (χ3v) is 10.3. The van der Waals surface area contributed by atoms with Crippen molar-refractivity contribution in [3.8, 4) is 11.1 Å². The summed E-state index contributed by atoms with van der Waals surface area (Å²) in [5, 5.41) is 0. The third kappa shape index (κ3) is 9.08. The van der Waals surface area contributed by atoms with Gasteiger partial charge < -0.3 is 22.9 Å². The highest BCUT2D eigenvalue weighted by atomic mass is 32.2. The average Bonchev–Trinajstić information content (AvgIpc) is 2.93. The number of rotatable bonds is 7. The molecule has 20 heteroatoms. The molecule has 4 rings (SSSR count). The molecule has 4 aromatic carbocycles. The highest BCUT2D eigenvalue weighted by molar-refractivity contribution is 7.86. The van der Waals surface area contributed by atoms with Crippen molar-refractivity contribution in [3.63, 3.8) is 0 Å².